The van der Waals surface area contributed by atoms with Crippen LogP contribution in [0.4, 0.5) is 0 Å². The van der Waals surface area contributed by atoms with Crippen molar-refractivity contribution in [1.29, 1.82) is 0 Å². The maximum Gasteiger partial charge on any atom is 0.115 e. The number of nitrogens with two attached hydrogens (primary N) is 1. The Labute approximate surface area is 108 Å². The normalized spacial score (nSPS) is 18.3. The summed E-state index contributed by atoms with van der Waals surface area (Å²) in [6.07, 6.45) is 7.68. The fourth-order valence-electron chi connectivity index (χ4n) is 1.19. The lowest BCUT2D eigenvalue weighted by atomic mass is 10.1. The number of ether oxygens (including phenoxy) is 2. The fraction of sp³-hybridized carbons (Fsp3) is 0.500. The van der Waals surface area contributed by atoms with E-state index in [0.717, 1.165) is 17.8 Å². The highest BCUT2D eigenvalue weighted by Gasteiger charge is 2.05. The largest absolute Gasteiger partial charge is 0.501 e. The topological polar surface area (TPSA) is 64.7 Å². The zero-order chi connectivity index (χ0) is 11.8. The van der Waals surface area contributed by atoms with Gasteiger partial charge in [-0.2, -0.15) is 0 Å². The van der Waals surface area contributed by atoms with Crippen molar-refractivity contribution in [2.75, 3.05) is 19.8 Å². The van der Waals surface area contributed by atoms with Gasteiger partial charge in [-0.05, 0) is 31.1 Å². The van der Waals surface area contributed by atoms with Crippen LogP contribution in [0.3, 0.4) is 0 Å². The van der Waals surface area contributed by atoms with Gasteiger partial charge in [0.2, 0.25) is 0 Å². The Hall–Kier alpha value is -0.970. The predicted molar refractivity (Wildman–Crippen MR) is 69.8 cm³/mol. The van der Waals surface area contributed by atoms with E-state index in [1.165, 1.54) is 0 Å². The van der Waals surface area contributed by atoms with Gasteiger partial charge in [0.25, 0.3) is 0 Å². The number of rotatable bonds is 6. The van der Waals surface area contributed by atoms with Crippen LogP contribution in [0, 0.1) is 0 Å². The van der Waals surface area contributed by atoms with Crippen LogP contribution >= 0.6 is 12.4 Å². The second-order valence-corrected chi connectivity index (χ2v) is 3.49. The van der Waals surface area contributed by atoms with Crippen LogP contribution in [0.5, 0.6) is 0 Å². The van der Waals surface area contributed by atoms with E-state index in [-0.39, 0.29) is 25.6 Å². The van der Waals surface area contributed by atoms with Gasteiger partial charge in [0.1, 0.15) is 18.5 Å². The molecular weight excluding hydrogens is 242 g/mol. The number of allylic oxidation sites excluding steroid dienone is 4. The number of hydrogen-bond acceptors (Lipinski definition) is 4. The Morgan fingerprint density at radius 2 is 2.29 bits per heavy atom. The molecule has 0 saturated heterocycles. The molecule has 0 saturated carbocycles. The summed E-state index contributed by atoms with van der Waals surface area (Å²) < 4.78 is 10.5. The van der Waals surface area contributed by atoms with E-state index in [2.05, 4.69) is 0 Å². The molecule has 0 bridgehead atoms. The van der Waals surface area contributed by atoms with Crippen LogP contribution in [-0.4, -0.2) is 31.0 Å². The molecule has 1 unspecified atom stereocenters. The van der Waals surface area contributed by atoms with Crippen molar-refractivity contribution in [3.63, 3.8) is 0 Å². The van der Waals surface area contributed by atoms with Crippen molar-refractivity contribution in [3.05, 3.63) is 35.8 Å². The zero-order valence-corrected chi connectivity index (χ0v) is 10.8. The zero-order valence-electron chi connectivity index (χ0n) is 9.96. The molecule has 98 valence electrons. The van der Waals surface area contributed by atoms with Gasteiger partial charge < -0.3 is 20.3 Å². The van der Waals surface area contributed by atoms with Gasteiger partial charge in [0.15, 0.2) is 0 Å². The Morgan fingerprint density at radius 1 is 1.53 bits per heavy atom. The Kier molecular flexibility index (Phi) is 8.58. The van der Waals surface area contributed by atoms with Crippen LogP contribution in [0.1, 0.15) is 13.3 Å². The summed E-state index contributed by atoms with van der Waals surface area (Å²) in [7, 11) is 0. The molecular formula is C12H20ClNO3. The van der Waals surface area contributed by atoms with Gasteiger partial charge in [-0.15, -0.1) is 12.4 Å². The highest BCUT2D eigenvalue weighted by molar-refractivity contribution is 5.85. The minimum Gasteiger partial charge on any atom is -0.501 e. The first-order chi connectivity index (χ1) is 7.76. The molecule has 1 aliphatic carbocycles. The average Bonchev–Trinajstić information content (AvgIpc) is 2.34. The maximum absolute atomic E-state index is 9.22. The van der Waals surface area contributed by atoms with Crippen molar-refractivity contribution in [1.82, 2.24) is 0 Å². The summed E-state index contributed by atoms with van der Waals surface area (Å²) in [6, 6.07) is 0. The number of halogens is 1. The summed E-state index contributed by atoms with van der Waals surface area (Å²) in [5.41, 5.74) is 6.38. The molecule has 0 aromatic rings. The first kappa shape index (κ1) is 16.0. The van der Waals surface area contributed by atoms with Crippen molar-refractivity contribution >= 4 is 12.4 Å². The van der Waals surface area contributed by atoms with Gasteiger partial charge in [0, 0.05) is 6.54 Å². The first-order valence-electron chi connectivity index (χ1n) is 5.46. The van der Waals surface area contributed by atoms with Crippen LogP contribution in [0.2, 0.25) is 0 Å². The number of aliphatic hydroxyl groups excluding tert-OH is 1. The van der Waals surface area contributed by atoms with E-state index >= 15 is 0 Å². The molecule has 17 heavy (non-hydrogen) atoms. The van der Waals surface area contributed by atoms with Crippen molar-refractivity contribution in [3.8, 4) is 0 Å². The van der Waals surface area contributed by atoms with Gasteiger partial charge >= 0.3 is 0 Å². The van der Waals surface area contributed by atoms with Crippen LogP contribution in [0.25, 0.3) is 0 Å². The quantitative estimate of drug-likeness (QED) is 0.712. The summed E-state index contributed by atoms with van der Waals surface area (Å²) in [5.74, 6) is 0.765. The SMILES string of the molecule is CCOC=C1C=CC(OCC(O)CN)=CC1.Cl. The van der Waals surface area contributed by atoms with Gasteiger partial charge in [-0.3, -0.25) is 0 Å². The molecule has 0 aromatic heterocycles. The fourth-order valence-corrected chi connectivity index (χ4v) is 1.19. The predicted octanol–water partition coefficient (Wildman–Crippen LogP) is 1.51. The molecule has 0 spiro atoms. The molecule has 1 atom stereocenters. The van der Waals surface area contributed by atoms with Crippen LogP contribution in [0.15, 0.2) is 35.8 Å². The molecule has 0 fully saturated rings. The minimum atomic E-state index is -0.602. The molecule has 3 N–H and O–H groups in total. The third kappa shape index (κ3) is 6.36. The molecule has 1 rings (SSSR count). The standard InChI is InChI=1S/C12H19NO3.ClH/c1-2-15-8-10-3-5-12(6-4-10)16-9-11(14)7-13;/h3,5-6,8,11,14H,2,4,7,9,13H2,1H3;1H. The Bertz CT molecular complexity index is 300. The molecule has 0 aliphatic heterocycles. The summed E-state index contributed by atoms with van der Waals surface area (Å²) >= 11 is 0. The Morgan fingerprint density at radius 3 is 2.82 bits per heavy atom. The van der Waals surface area contributed by atoms with Crippen molar-refractivity contribution in [2.45, 2.75) is 19.4 Å². The molecule has 0 aromatic carbocycles. The van der Waals surface area contributed by atoms with Gasteiger partial charge in [-0.1, -0.05) is 6.08 Å². The second kappa shape index (κ2) is 9.10. The lowest BCUT2D eigenvalue weighted by Crippen LogP contribution is -2.24. The van der Waals surface area contributed by atoms with E-state index in [1.54, 1.807) is 6.26 Å². The molecule has 5 heteroatoms. The molecule has 1 aliphatic rings. The van der Waals surface area contributed by atoms with Gasteiger partial charge in [0.05, 0.1) is 12.9 Å². The third-order valence-corrected chi connectivity index (χ3v) is 2.12. The van der Waals surface area contributed by atoms with E-state index in [9.17, 15) is 5.11 Å². The van der Waals surface area contributed by atoms with Crippen LogP contribution in [-0.2, 0) is 9.47 Å². The van der Waals surface area contributed by atoms with Crippen molar-refractivity contribution in [2.24, 2.45) is 5.73 Å². The highest BCUT2D eigenvalue weighted by atomic mass is 35.5. The first-order valence-corrected chi connectivity index (χ1v) is 5.46. The van der Waals surface area contributed by atoms with Gasteiger partial charge in [-0.25, -0.2) is 0 Å². The summed E-state index contributed by atoms with van der Waals surface area (Å²) in [6.45, 7) is 3.07. The lowest BCUT2D eigenvalue weighted by molar-refractivity contribution is 0.0810. The van der Waals surface area contributed by atoms with E-state index < -0.39 is 6.10 Å². The lowest BCUT2D eigenvalue weighted by Gasteiger charge is -2.13. The maximum atomic E-state index is 9.22. The van der Waals surface area contributed by atoms with Crippen LogP contribution < -0.4 is 5.73 Å². The minimum absolute atomic E-state index is 0. The highest BCUT2D eigenvalue weighted by Crippen LogP contribution is 2.16. The summed E-state index contributed by atoms with van der Waals surface area (Å²) in [5, 5.41) is 9.22. The van der Waals surface area contributed by atoms with E-state index in [0.29, 0.717) is 6.61 Å². The van der Waals surface area contributed by atoms with E-state index in [4.69, 9.17) is 15.2 Å². The second-order valence-electron chi connectivity index (χ2n) is 3.49. The summed E-state index contributed by atoms with van der Waals surface area (Å²) in [4.78, 5) is 0. The monoisotopic (exact) mass is 261 g/mol. The molecule has 0 radical (unpaired) electrons. The number of hydrogen-bond donors (Lipinski definition) is 2. The molecule has 0 amide bonds. The van der Waals surface area contributed by atoms with Crippen molar-refractivity contribution < 1.29 is 14.6 Å². The Balaban J connectivity index is 0.00000256. The average molecular weight is 262 g/mol. The number of aliphatic hydroxyl groups is 1. The third-order valence-electron chi connectivity index (χ3n) is 2.12. The van der Waals surface area contributed by atoms with E-state index in [1.807, 2.05) is 25.2 Å². The molecule has 0 heterocycles. The molecule has 4 nitrogen and oxygen atoms in total. The smallest absolute Gasteiger partial charge is 0.115 e.